The average molecular weight is 361 g/mol. The van der Waals surface area contributed by atoms with Crippen molar-refractivity contribution in [1.29, 1.82) is 0 Å². The Morgan fingerprint density at radius 1 is 0.962 bits per heavy atom. The molecule has 0 spiro atoms. The van der Waals surface area contributed by atoms with E-state index in [-0.39, 0.29) is 6.61 Å². The summed E-state index contributed by atoms with van der Waals surface area (Å²) in [5, 5.41) is 22.9. The van der Waals surface area contributed by atoms with Gasteiger partial charge in [-0.15, -0.1) is 0 Å². The summed E-state index contributed by atoms with van der Waals surface area (Å²) < 4.78 is 10.6. The maximum Gasteiger partial charge on any atom is 0.0948 e. The van der Waals surface area contributed by atoms with Crippen LogP contribution in [0.4, 0.5) is 5.69 Å². The van der Waals surface area contributed by atoms with Crippen molar-refractivity contribution in [2.75, 3.05) is 44.9 Å². The summed E-state index contributed by atoms with van der Waals surface area (Å²) in [5.74, 6) is 0. The lowest BCUT2D eigenvalue weighted by molar-refractivity contribution is 0.0354. The summed E-state index contributed by atoms with van der Waals surface area (Å²) in [7, 11) is 1.57. The molecule has 5 nitrogen and oxygen atoms in total. The molecule has 2 N–H and O–H groups in total. The number of hydrogen-bond donors (Lipinski definition) is 2. The Morgan fingerprint density at radius 3 is 2.38 bits per heavy atom. The van der Waals surface area contributed by atoms with Crippen LogP contribution in [0, 0.1) is 0 Å². The molecule has 0 aliphatic rings. The molecule has 0 aliphatic carbocycles. The van der Waals surface area contributed by atoms with Crippen molar-refractivity contribution >= 4 is 16.5 Å². The SMILES string of the molecule is CCCCOCC(O)CN(CC(O)COC)c1cccc2ccccc12. The molecule has 0 radical (unpaired) electrons. The number of anilines is 1. The highest BCUT2D eigenvalue weighted by molar-refractivity contribution is 5.94. The molecule has 5 heteroatoms. The molecule has 2 aromatic carbocycles. The van der Waals surface area contributed by atoms with Crippen LogP contribution in [0.5, 0.6) is 0 Å². The number of hydrogen-bond acceptors (Lipinski definition) is 5. The summed E-state index contributed by atoms with van der Waals surface area (Å²) in [6, 6.07) is 14.2. The molecule has 0 aromatic heterocycles. The lowest BCUT2D eigenvalue weighted by atomic mass is 10.1. The lowest BCUT2D eigenvalue weighted by Gasteiger charge is -2.30. The minimum atomic E-state index is -0.632. The Morgan fingerprint density at radius 2 is 1.65 bits per heavy atom. The van der Waals surface area contributed by atoms with Gasteiger partial charge in [0.2, 0.25) is 0 Å². The van der Waals surface area contributed by atoms with E-state index in [1.807, 2.05) is 29.2 Å². The molecule has 2 rings (SSSR count). The number of benzene rings is 2. The van der Waals surface area contributed by atoms with E-state index < -0.39 is 12.2 Å². The quantitative estimate of drug-likeness (QED) is 0.569. The Balaban J connectivity index is 2.14. The fourth-order valence-corrected chi connectivity index (χ4v) is 3.03. The van der Waals surface area contributed by atoms with E-state index in [2.05, 4.69) is 25.1 Å². The van der Waals surface area contributed by atoms with Gasteiger partial charge in [-0.05, 0) is 17.9 Å². The predicted molar refractivity (Wildman–Crippen MR) is 106 cm³/mol. The largest absolute Gasteiger partial charge is 0.389 e. The fraction of sp³-hybridized carbons (Fsp3) is 0.524. The number of nitrogens with zero attached hydrogens (tertiary/aromatic N) is 1. The van der Waals surface area contributed by atoms with Crippen molar-refractivity contribution in [3.8, 4) is 0 Å². The van der Waals surface area contributed by atoms with Crippen LogP contribution in [0.2, 0.25) is 0 Å². The molecule has 0 amide bonds. The van der Waals surface area contributed by atoms with Crippen molar-refractivity contribution in [2.24, 2.45) is 0 Å². The summed E-state index contributed by atoms with van der Waals surface area (Å²) in [6.45, 7) is 4.09. The Labute approximate surface area is 156 Å². The molecule has 0 saturated carbocycles. The lowest BCUT2D eigenvalue weighted by Crippen LogP contribution is -2.41. The van der Waals surface area contributed by atoms with Gasteiger partial charge in [0.25, 0.3) is 0 Å². The number of unbranched alkanes of at least 4 members (excludes halogenated alkanes) is 1. The molecule has 26 heavy (non-hydrogen) atoms. The van der Waals surface area contributed by atoms with Crippen molar-refractivity contribution in [3.63, 3.8) is 0 Å². The first-order chi connectivity index (χ1) is 12.7. The second kappa shape index (κ2) is 11.1. The normalized spacial score (nSPS) is 13.7. The zero-order valence-electron chi connectivity index (χ0n) is 15.8. The third kappa shape index (κ3) is 6.25. The van der Waals surface area contributed by atoms with Gasteiger partial charge in [-0.2, -0.15) is 0 Å². The smallest absolute Gasteiger partial charge is 0.0948 e. The number of fused-ring (bicyclic) bond motifs is 1. The Bertz CT molecular complexity index is 643. The van der Waals surface area contributed by atoms with E-state index in [0.29, 0.717) is 26.3 Å². The van der Waals surface area contributed by atoms with Gasteiger partial charge >= 0.3 is 0 Å². The van der Waals surface area contributed by atoms with Crippen LogP contribution >= 0.6 is 0 Å². The van der Waals surface area contributed by atoms with Gasteiger partial charge < -0.3 is 24.6 Å². The predicted octanol–water partition coefficient (Wildman–Crippen LogP) is 2.83. The minimum Gasteiger partial charge on any atom is -0.389 e. The highest BCUT2D eigenvalue weighted by Crippen LogP contribution is 2.27. The number of ether oxygens (including phenoxy) is 2. The van der Waals surface area contributed by atoms with Crippen LogP contribution in [0.3, 0.4) is 0 Å². The van der Waals surface area contributed by atoms with E-state index in [1.165, 1.54) is 0 Å². The van der Waals surface area contributed by atoms with Gasteiger partial charge in [0, 0.05) is 37.9 Å². The zero-order valence-corrected chi connectivity index (χ0v) is 15.8. The molecule has 0 bridgehead atoms. The molecular weight excluding hydrogens is 330 g/mol. The highest BCUT2D eigenvalue weighted by Gasteiger charge is 2.18. The summed E-state index contributed by atoms with van der Waals surface area (Å²) in [4.78, 5) is 2.01. The van der Waals surface area contributed by atoms with Gasteiger partial charge in [-0.3, -0.25) is 0 Å². The molecule has 2 unspecified atom stereocenters. The molecule has 2 aromatic rings. The zero-order chi connectivity index (χ0) is 18.8. The van der Waals surface area contributed by atoms with Crippen molar-refractivity contribution in [3.05, 3.63) is 42.5 Å². The van der Waals surface area contributed by atoms with E-state index in [0.717, 1.165) is 29.3 Å². The first-order valence-corrected chi connectivity index (χ1v) is 9.31. The summed E-state index contributed by atoms with van der Waals surface area (Å²) in [5.41, 5.74) is 0.992. The molecule has 0 fully saturated rings. The second-order valence-electron chi connectivity index (χ2n) is 6.59. The van der Waals surface area contributed by atoms with E-state index >= 15 is 0 Å². The van der Waals surface area contributed by atoms with Gasteiger partial charge in [0.15, 0.2) is 0 Å². The first kappa shape index (κ1) is 20.6. The monoisotopic (exact) mass is 361 g/mol. The fourth-order valence-electron chi connectivity index (χ4n) is 3.03. The summed E-state index contributed by atoms with van der Waals surface area (Å²) in [6.07, 6.45) is 0.807. The number of aliphatic hydroxyl groups excluding tert-OH is 2. The van der Waals surface area contributed by atoms with E-state index in [4.69, 9.17) is 9.47 Å². The van der Waals surface area contributed by atoms with Crippen molar-refractivity contribution in [2.45, 2.75) is 32.0 Å². The van der Waals surface area contributed by atoms with Crippen LogP contribution in [0.25, 0.3) is 10.8 Å². The van der Waals surface area contributed by atoms with Gasteiger partial charge in [-0.1, -0.05) is 49.7 Å². The number of methoxy groups -OCH3 is 1. The molecule has 0 aliphatic heterocycles. The number of rotatable bonds is 12. The van der Waals surface area contributed by atoms with Gasteiger partial charge in [-0.25, -0.2) is 0 Å². The maximum absolute atomic E-state index is 10.4. The van der Waals surface area contributed by atoms with Crippen LogP contribution in [-0.4, -0.2) is 62.4 Å². The van der Waals surface area contributed by atoms with Gasteiger partial charge in [0.1, 0.15) is 0 Å². The van der Waals surface area contributed by atoms with E-state index in [1.54, 1.807) is 7.11 Å². The average Bonchev–Trinajstić information content (AvgIpc) is 2.64. The van der Waals surface area contributed by atoms with Crippen LogP contribution in [0.15, 0.2) is 42.5 Å². The minimum absolute atomic E-state index is 0.254. The molecule has 2 atom stereocenters. The first-order valence-electron chi connectivity index (χ1n) is 9.31. The molecular formula is C21H31NO4. The number of aliphatic hydroxyl groups is 2. The highest BCUT2D eigenvalue weighted by atomic mass is 16.5. The third-order valence-corrected chi connectivity index (χ3v) is 4.28. The van der Waals surface area contributed by atoms with Crippen LogP contribution in [-0.2, 0) is 9.47 Å². The molecule has 144 valence electrons. The van der Waals surface area contributed by atoms with Crippen molar-refractivity contribution in [1.82, 2.24) is 0 Å². The van der Waals surface area contributed by atoms with Crippen molar-refractivity contribution < 1.29 is 19.7 Å². The second-order valence-corrected chi connectivity index (χ2v) is 6.59. The Kier molecular flexibility index (Phi) is 8.85. The third-order valence-electron chi connectivity index (χ3n) is 4.28. The molecule has 0 saturated heterocycles. The molecule has 0 heterocycles. The maximum atomic E-state index is 10.4. The Hall–Kier alpha value is -1.66. The van der Waals surface area contributed by atoms with Crippen LogP contribution in [0.1, 0.15) is 19.8 Å². The van der Waals surface area contributed by atoms with Crippen LogP contribution < -0.4 is 4.90 Å². The summed E-state index contributed by atoms with van der Waals surface area (Å²) >= 11 is 0. The van der Waals surface area contributed by atoms with E-state index in [9.17, 15) is 10.2 Å². The standard InChI is InChI=1S/C21H31NO4/c1-3-4-12-26-16-19(24)14-22(13-18(23)15-25-2)21-11-7-9-17-8-5-6-10-20(17)21/h5-11,18-19,23-24H,3-4,12-16H2,1-2H3. The van der Waals surface area contributed by atoms with Gasteiger partial charge in [0.05, 0.1) is 25.4 Å². The topological polar surface area (TPSA) is 62.2 Å².